The maximum atomic E-state index is 5.71. The molecule has 2 rings (SSSR count). The third-order valence-corrected chi connectivity index (χ3v) is 3.44. The number of aromatic nitrogens is 3. The largest absolute Gasteiger partial charge is 0.492 e. The number of nitrogens with zero attached hydrogens (tertiary/aromatic N) is 3. The van der Waals surface area contributed by atoms with Gasteiger partial charge >= 0.3 is 0 Å². The monoisotopic (exact) mass is 400 g/mol. The Kier molecular flexibility index (Phi) is 5.58. The van der Waals surface area contributed by atoms with Crippen LogP contribution in [0.3, 0.4) is 0 Å². The van der Waals surface area contributed by atoms with Crippen LogP contribution in [0.25, 0.3) is 0 Å². The van der Waals surface area contributed by atoms with Crippen LogP contribution in [0.1, 0.15) is 26.5 Å². The molecule has 114 valence electrons. The summed E-state index contributed by atoms with van der Waals surface area (Å²) < 4.78 is 8.69. The van der Waals surface area contributed by atoms with Crippen molar-refractivity contribution in [3.63, 3.8) is 0 Å². The first-order valence-electron chi connectivity index (χ1n) is 6.95. The lowest BCUT2D eigenvalue weighted by Crippen LogP contribution is -2.35. The molecule has 0 aliphatic carbocycles. The van der Waals surface area contributed by atoms with Crippen LogP contribution in [0.4, 0.5) is 0 Å². The molecular formula is C15H21IN4O. The summed E-state index contributed by atoms with van der Waals surface area (Å²) >= 11 is 2.27. The van der Waals surface area contributed by atoms with Crippen LogP contribution in [-0.2, 0) is 13.1 Å². The summed E-state index contributed by atoms with van der Waals surface area (Å²) in [5.41, 5.74) is 1.02. The first-order valence-corrected chi connectivity index (χ1v) is 8.03. The lowest BCUT2D eigenvalue weighted by molar-refractivity contribution is 0.289. The second kappa shape index (κ2) is 7.22. The van der Waals surface area contributed by atoms with E-state index < -0.39 is 0 Å². The molecule has 0 saturated carbocycles. The standard InChI is InChI=1S/C15H21IN4O/c1-15(2,3)17-10-13-11-20(19-18-13)7-8-21-14-6-4-5-12(16)9-14/h4-6,9,11,17H,7-8,10H2,1-3H3. The molecule has 6 heteroatoms. The van der Waals surface area contributed by atoms with Gasteiger partial charge < -0.3 is 10.1 Å². The van der Waals surface area contributed by atoms with Crippen molar-refractivity contribution in [2.75, 3.05) is 6.61 Å². The SMILES string of the molecule is CC(C)(C)NCc1cn(CCOc2cccc(I)c2)nn1. The van der Waals surface area contributed by atoms with Crippen LogP contribution >= 0.6 is 22.6 Å². The summed E-state index contributed by atoms with van der Waals surface area (Å²) in [4.78, 5) is 0. The maximum absolute atomic E-state index is 5.71. The zero-order valence-electron chi connectivity index (χ0n) is 12.6. The van der Waals surface area contributed by atoms with Gasteiger partial charge in [-0.1, -0.05) is 11.3 Å². The fourth-order valence-corrected chi connectivity index (χ4v) is 2.21. The average molecular weight is 400 g/mol. The highest BCUT2D eigenvalue weighted by Crippen LogP contribution is 2.14. The highest BCUT2D eigenvalue weighted by Gasteiger charge is 2.10. The molecule has 0 unspecified atom stereocenters. The van der Waals surface area contributed by atoms with Gasteiger partial charge in [0.1, 0.15) is 12.4 Å². The zero-order chi connectivity index (χ0) is 15.3. The third-order valence-electron chi connectivity index (χ3n) is 2.77. The molecule has 0 amide bonds. The number of rotatable bonds is 6. The molecule has 0 spiro atoms. The highest BCUT2D eigenvalue weighted by atomic mass is 127. The van der Waals surface area contributed by atoms with Gasteiger partial charge in [0.15, 0.2) is 0 Å². The Balaban J connectivity index is 1.78. The number of benzene rings is 1. The molecule has 1 aromatic carbocycles. The summed E-state index contributed by atoms with van der Waals surface area (Å²) in [7, 11) is 0. The quantitative estimate of drug-likeness (QED) is 0.758. The van der Waals surface area contributed by atoms with Crippen molar-refractivity contribution in [2.45, 2.75) is 39.4 Å². The summed E-state index contributed by atoms with van der Waals surface area (Å²) in [5.74, 6) is 0.886. The van der Waals surface area contributed by atoms with E-state index in [2.05, 4.69) is 59.0 Å². The van der Waals surface area contributed by atoms with Crippen LogP contribution in [0.2, 0.25) is 0 Å². The van der Waals surface area contributed by atoms with Crippen molar-refractivity contribution in [3.8, 4) is 5.75 Å². The van der Waals surface area contributed by atoms with Crippen molar-refractivity contribution < 1.29 is 4.74 Å². The second-order valence-corrected chi connectivity index (χ2v) is 7.13. The molecule has 0 bridgehead atoms. The predicted octanol–water partition coefficient (Wildman–Crippen LogP) is 2.85. The minimum Gasteiger partial charge on any atom is -0.492 e. The summed E-state index contributed by atoms with van der Waals surface area (Å²) in [6.45, 7) is 8.39. The van der Waals surface area contributed by atoms with Crippen LogP contribution in [-0.4, -0.2) is 27.1 Å². The van der Waals surface area contributed by atoms with E-state index in [1.165, 1.54) is 3.57 Å². The topological polar surface area (TPSA) is 52.0 Å². The molecule has 0 radical (unpaired) electrons. The van der Waals surface area contributed by atoms with E-state index >= 15 is 0 Å². The van der Waals surface area contributed by atoms with E-state index in [1.807, 2.05) is 35.1 Å². The Hall–Kier alpha value is -1.15. The average Bonchev–Trinajstić information content (AvgIpc) is 2.84. The molecule has 1 heterocycles. The summed E-state index contributed by atoms with van der Waals surface area (Å²) in [6.07, 6.45) is 1.96. The van der Waals surface area contributed by atoms with Gasteiger partial charge in [-0.3, -0.25) is 0 Å². The lowest BCUT2D eigenvalue weighted by atomic mass is 10.1. The van der Waals surface area contributed by atoms with E-state index in [1.54, 1.807) is 0 Å². The van der Waals surface area contributed by atoms with Crippen molar-refractivity contribution in [2.24, 2.45) is 0 Å². The number of nitrogens with one attached hydrogen (secondary N) is 1. The zero-order valence-corrected chi connectivity index (χ0v) is 14.8. The van der Waals surface area contributed by atoms with E-state index in [4.69, 9.17) is 4.74 Å². The third kappa shape index (κ3) is 6.01. The molecule has 1 N–H and O–H groups in total. The molecule has 21 heavy (non-hydrogen) atoms. The summed E-state index contributed by atoms with van der Waals surface area (Å²) in [6, 6.07) is 8.00. The van der Waals surface area contributed by atoms with Gasteiger partial charge in [-0.15, -0.1) is 5.10 Å². The number of hydrogen-bond acceptors (Lipinski definition) is 4. The van der Waals surface area contributed by atoms with Gasteiger partial charge in [-0.05, 0) is 61.6 Å². The van der Waals surface area contributed by atoms with Crippen LogP contribution in [0.5, 0.6) is 5.75 Å². The Bertz CT molecular complexity index is 577. The van der Waals surface area contributed by atoms with Crippen molar-refractivity contribution in [1.29, 1.82) is 0 Å². The molecule has 0 aliphatic heterocycles. The molecule has 0 aliphatic rings. The Labute approximate surface area is 139 Å². The van der Waals surface area contributed by atoms with Crippen molar-refractivity contribution in [3.05, 3.63) is 39.7 Å². The molecule has 1 aromatic heterocycles. The van der Waals surface area contributed by atoms with Crippen molar-refractivity contribution in [1.82, 2.24) is 20.3 Å². The summed E-state index contributed by atoms with van der Waals surface area (Å²) in [5, 5.41) is 11.7. The maximum Gasteiger partial charge on any atom is 0.120 e. The first-order chi connectivity index (χ1) is 9.92. The van der Waals surface area contributed by atoms with Crippen LogP contribution < -0.4 is 10.1 Å². The van der Waals surface area contributed by atoms with Gasteiger partial charge in [0, 0.05) is 21.9 Å². The lowest BCUT2D eigenvalue weighted by Gasteiger charge is -2.19. The molecule has 0 atom stereocenters. The Morgan fingerprint density at radius 1 is 1.33 bits per heavy atom. The van der Waals surface area contributed by atoms with Crippen LogP contribution in [0.15, 0.2) is 30.5 Å². The number of halogens is 1. The number of ether oxygens (including phenoxy) is 1. The Morgan fingerprint density at radius 2 is 2.14 bits per heavy atom. The molecule has 0 fully saturated rings. The normalized spacial score (nSPS) is 11.6. The van der Waals surface area contributed by atoms with E-state index in [0.29, 0.717) is 13.2 Å². The molecule has 0 saturated heterocycles. The predicted molar refractivity (Wildman–Crippen MR) is 91.3 cm³/mol. The van der Waals surface area contributed by atoms with Crippen molar-refractivity contribution >= 4 is 22.6 Å². The van der Waals surface area contributed by atoms with E-state index in [-0.39, 0.29) is 5.54 Å². The molecular weight excluding hydrogens is 379 g/mol. The second-order valence-electron chi connectivity index (χ2n) is 5.88. The van der Waals surface area contributed by atoms with Gasteiger partial charge in [0.25, 0.3) is 0 Å². The molecule has 2 aromatic rings. The first kappa shape index (κ1) is 16.2. The smallest absolute Gasteiger partial charge is 0.120 e. The van der Waals surface area contributed by atoms with Gasteiger partial charge in [-0.25, -0.2) is 4.68 Å². The van der Waals surface area contributed by atoms with Crippen LogP contribution in [0, 0.1) is 3.57 Å². The van der Waals surface area contributed by atoms with Gasteiger partial charge in [0.2, 0.25) is 0 Å². The fraction of sp³-hybridized carbons (Fsp3) is 0.467. The van der Waals surface area contributed by atoms with Gasteiger partial charge in [-0.2, -0.15) is 0 Å². The fourth-order valence-electron chi connectivity index (χ4n) is 1.70. The van der Waals surface area contributed by atoms with Gasteiger partial charge in [0.05, 0.1) is 12.2 Å². The Morgan fingerprint density at radius 3 is 2.86 bits per heavy atom. The minimum absolute atomic E-state index is 0.0807. The van der Waals surface area contributed by atoms with E-state index in [0.717, 1.165) is 18.0 Å². The van der Waals surface area contributed by atoms with E-state index in [9.17, 15) is 0 Å². The minimum atomic E-state index is 0.0807. The number of hydrogen-bond donors (Lipinski definition) is 1. The molecule has 5 nitrogen and oxygen atoms in total. The highest BCUT2D eigenvalue weighted by molar-refractivity contribution is 14.1.